The first-order valence-electron chi connectivity index (χ1n) is 8.54. The number of rotatable bonds is 15. The largest absolute Gasteiger partial charge is 0.328 e. The minimum atomic E-state index is -2.17. The van der Waals surface area contributed by atoms with E-state index in [1.807, 2.05) is 0 Å². The zero-order valence-electron chi connectivity index (χ0n) is 14.0. The highest BCUT2D eigenvalue weighted by Crippen LogP contribution is 2.24. The van der Waals surface area contributed by atoms with Crippen LogP contribution in [-0.4, -0.2) is 16.4 Å². The lowest BCUT2D eigenvalue weighted by atomic mass is 10.2. The molecule has 0 aliphatic rings. The number of allylic oxidation sites excluding steroid dienone is 6. The van der Waals surface area contributed by atoms with E-state index in [-0.39, 0.29) is 0 Å². The molecule has 0 aliphatic heterocycles. The van der Waals surface area contributed by atoms with Crippen molar-refractivity contribution < 1.29 is 14.3 Å². The first kappa shape index (κ1) is 21.5. The van der Waals surface area contributed by atoms with Gasteiger partial charge >= 0.3 is 8.60 Å². The van der Waals surface area contributed by atoms with Gasteiger partial charge in [-0.1, -0.05) is 62.6 Å². The first-order valence-corrected chi connectivity index (χ1v) is 9.71. The van der Waals surface area contributed by atoms with Gasteiger partial charge in [-0.25, -0.2) is 0 Å². The van der Waals surface area contributed by atoms with E-state index in [1.54, 1.807) is 0 Å². The van der Waals surface area contributed by atoms with Crippen LogP contribution >= 0.6 is 8.60 Å². The summed E-state index contributed by atoms with van der Waals surface area (Å²) in [6, 6.07) is 0. The summed E-state index contributed by atoms with van der Waals surface area (Å²) in [5, 5.41) is 0. The number of hydrogen-bond acceptors (Lipinski definition) is 3. The second-order valence-corrected chi connectivity index (χ2v) is 6.10. The van der Waals surface area contributed by atoms with Gasteiger partial charge in [-0.2, -0.15) is 0 Å². The molecule has 0 rings (SSSR count). The average molecular weight is 328 g/mol. The quantitative estimate of drug-likeness (QED) is 0.173. The van der Waals surface area contributed by atoms with Gasteiger partial charge in [0, 0.05) is 0 Å². The summed E-state index contributed by atoms with van der Waals surface area (Å²) in [6.45, 7) is 2.67. The third-order valence-electron chi connectivity index (χ3n) is 3.25. The van der Waals surface area contributed by atoms with Gasteiger partial charge in [-0.05, 0) is 44.9 Å². The third kappa shape index (κ3) is 19.5. The molecule has 4 heteroatoms. The van der Waals surface area contributed by atoms with Crippen LogP contribution in [0, 0.1) is 0 Å². The van der Waals surface area contributed by atoms with Gasteiger partial charge < -0.3 is 14.3 Å². The lowest BCUT2D eigenvalue weighted by molar-refractivity contribution is 0.249. The Morgan fingerprint density at radius 3 is 2.05 bits per heavy atom. The average Bonchev–Trinajstić information content (AvgIpc) is 2.50. The highest BCUT2D eigenvalue weighted by atomic mass is 31.2. The van der Waals surface area contributed by atoms with E-state index in [0.717, 1.165) is 38.5 Å². The predicted octanol–water partition coefficient (Wildman–Crippen LogP) is 5.80. The van der Waals surface area contributed by atoms with Gasteiger partial charge in [-0.3, -0.25) is 0 Å². The maximum absolute atomic E-state index is 8.55. The van der Waals surface area contributed by atoms with Crippen molar-refractivity contribution in [3.8, 4) is 0 Å². The summed E-state index contributed by atoms with van der Waals surface area (Å²) in [7, 11) is -2.17. The monoisotopic (exact) mass is 328 g/mol. The fraction of sp³-hybridized carbons (Fsp3) is 0.667. The molecule has 0 spiro atoms. The Kier molecular flexibility index (Phi) is 18.2. The fourth-order valence-corrected chi connectivity index (χ4v) is 2.27. The molecule has 22 heavy (non-hydrogen) atoms. The normalized spacial score (nSPS) is 12.5. The molecule has 0 saturated carbocycles. The molecule has 2 N–H and O–H groups in total. The molecule has 0 bridgehead atoms. The summed E-state index contributed by atoms with van der Waals surface area (Å²) < 4.78 is 4.70. The van der Waals surface area contributed by atoms with Gasteiger partial charge in [0.25, 0.3) is 0 Å². The molecule has 0 radical (unpaired) electrons. The molecule has 0 unspecified atom stereocenters. The van der Waals surface area contributed by atoms with Crippen LogP contribution in [0.4, 0.5) is 0 Å². The molecule has 0 heterocycles. The highest BCUT2D eigenvalue weighted by molar-refractivity contribution is 7.39. The van der Waals surface area contributed by atoms with Crippen LogP contribution in [0.3, 0.4) is 0 Å². The summed E-state index contributed by atoms with van der Waals surface area (Å²) >= 11 is 0. The van der Waals surface area contributed by atoms with Crippen molar-refractivity contribution in [1.82, 2.24) is 0 Å². The van der Waals surface area contributed by atoms with Crippen molar-refractivity contribution in [3.05, 3.63) is 36.5 Å². The van der Waals surface area contributed by atoms with Crippen LogP contribution in [0.25, 0.3) is 0 Å². The Hall–Kier alpha value is -0.470. The van der Waals surface area contributed by atoms with Gasteiger partial charge in [0.2, 0.25) is 0 Å². The molecular weight excluding hydrogens is 295 g/mol. The summed E-state index contributed by atoms with van der Waals surface area (Å²) in [6.07, 6.45) is 24.8. The number of hydrogen-bond donors (Lipinski definition) is 2. The van der Waals surface area contributed by atoms with Crippen LogP contribution in [0.2, 0.25) is 0 Å². The molecule has 0 fully saturated rings. The van der Waals surface area contributed by atoms with E-state index in [2.05, 4.69) is 43.4 Å². The molecule has 0 saturated heterocycles. The van der Waals surface area contributed by atoms with Gasteiger partial charge in [0.1, 0.15) is 0 Å². The maximum atomic E-state index is 8.55. The lowest BCUT2D eigenvalue weighted by Crippen LogP contribution is -1.88. The van der Waals surface area contributed by atoms with Crippen LogP contribution in [-0.2, 0) is 4.52 Å². The Morgan fingerprint density at radius 1 is 0.727 bits per heavy atom. The van der Waals surface area contributed by atoms with Crippen LogP contribution in [0.15, 0.2) is 36.5 Å². The minimum absolute atomic E-state index is 0.439. The Labute approximate surface area is 137 Å². The van der Waals surface area contributed by atoms with E-state index in [1.165, 1.54) is 25.7 Å². The summed E-state index contributed by atoms with van der Waals surface area (Å²) in [5.41, 5.74) is 0. The van der Waals surface area contributed by atoms with Crippen LogP contribution in [0.1, 0.15) is 71.1 Å². The standard InChI is InChI=1S/C18H33O3P/c1-2-3-4-5-6-7-8-9-10-11-12-13-14-15-16-17-18-21-22(19)20/h6-7,10-13,19-20H,2-5,8-9,14-18H2,1H3/b7-6-,11-10+,13-12-. The van der Waals surface area contributed by atoms with Crippen molar-refractivity contribution in [2.45, 2.75) is 71.1 Å². The number of unbranched alkanes of at least 4 members (excludes halogenated alkanes) is 7. The SMILES string of the molecule is CCCCC/C=C\CC/C=C/C=C\CCCCCOP(O)O. The molecule has 0 aromatic carbocycles. The Morgan fingerprint density at radius 2 is 1.32 bits per heavy atom. The van der Waals surface area contributed by atoms with Crippen molar-refractivity contribution in [3.63, 3.8) is 0 Å². The molecule has 0 aromatic rings. The topological polar surface area (TPSA) is 49.7 Å². The van der Waals surface area contributed by atoms with Crippen molar-refractivity contribution in [1.29, 1.82) is 0 Å². The van der Waals surface area contributed by atoms with Gasteiger partial charge in [0.15, 0.2) is 0 Å². The van der Waals surface area contributed by atoms with E-state index >= 15 is 0 Å². The molecule has 3 nitrogen and oxygen atoms in total. The van der Waals surface area contributed by atoms with Crippen LogP contribution in [0.5, 0.6) is 0 Å². The van der Waals surface area contributed by atoms with Crippen molar-refractivity contribution in [2.24, 2.45) is 0 Å². The predicted molar refractivity (Wildman–Crippen MR) is 96.6 cm³/mol. The van der Waals surface area contributed by atoms with E-state index in [4.69, 9.17) is 14.3 Å². The van der Waals surface area contributed by atoms with Crippen molar-refractivity contribution >= 4 is 8.60 Å². The molecule has 0 aromatic heterocycles. The summed E-state index contributed by atoms with van der Waals surface area (Å²) in [5.74, 6) is 0. The third-order valence-corrected chi connectivity index (χ3v) is 3.66. The second-order valence-electron chi connectivity index (χ2n) is 5.34. The highest BCUT2D eigenvalue weighted by Gasteiger charge is 1.96. The zero-order chi connectivity index (χ0) is 16.3. The van der Waals surface area contributed by atoms with E-state index < -0.39 is 8.60 Å². The molecule has 0 atom stereocenters. The smallest absolute Gasteiger partial charge is 0.327 e. The Bertz CT molecular complexity index is 299. The van der Waals surface area contributed by atoms with Crippen molar-refractivity contribution in [2.75, 3.05) is 6.61 Å². The van der Waals surface area contributed by atoms with Gasteiger partial charge in [-0.15, -0.1) is 0 Å². The zero-order valence-corrected chi connectivity index (χ0v) is 14.9. The maximum Gasteiger partial charge on any atom is 0.327 e. The second kappa shape index (κ2) is 18.6. The first-order chi connectivity index (χ1) is 10.8. The van der Waals surface area contributed by atoms with E-state index in [9.17, 15) is 0 Å². The fourth-order valence-electron chi connectivity index (χ4n) is 1.98. The lowest BCUT2D eigenvalue weighted by Gasteiger charge is -2.02. The Balaban J connectivity index is 3.27. The summed E-state index contributed by atoms with van der Waals surface area (Å²) in [4.78, 5) is 17.1. The molecule has 0 aliphatic carbocycles. The minimum Gasteiger partial charge on any atom is -0.328 e. The molecule has 0 amide bonds. The molecular formula is C18H33O3P. The van der Waals surface area contributed by atoms with Crippen LogP contribution < -0.4 is 0 Å². The molecule has 128 valence electrons. The van der Waals surface area contributed by atoms with E-state index in [0.29, 0.717) is 6.61 Å². The van der Waals surface area contributed by atoms with Gasteiger partial charge in [0.05, 0.1) is 6.61 Å².